The van der Waals surface area contributed by atoms with Crippen LogP contribution in [-0.2, 0) is 6.54 Å². The number of hydrogen-bond acceptors (Lipinski definition) is 6. The van der Waals surface area contributed by atoms with Gasteiger partial charge in [0.25, 0.3) is 0 Å². The number of nitrogen functional groups attached to an aromatic ring is 1. The zero-order valence-corrected chi connectivity index (χ0v) is 8.35. The molecule has 78 valence electrons. The van der Waals surface area contributed by atoms with Gasteiger partial charge in [-0.25, -0.2) is 4.98 Å². The van der Waals surface area contributed by atoms with Crippen LogP contribution in [0.25, 0.3) is 0 Å². The number of aromatic nitrogens is 3. The Morgan fingerprint density at radius 2 is 2.40 bits per heavy atom. The number of nitro groups is 1. The van der Waals surface area contributed by atoms with E-state index < -0.39 is 4.92 Å². The van der Waals surface area contributed by atoms with Gasteiger partial charge in [0.05, 0.1) is 6.54 Å². The predicted molar refractivity (Wildman–Crippen MR) is 54.5 cm³/mol. The van der Waals surface area contributed by atoms with Crippen LogP contribution in [0.5, 0.6) is 0 Å². The van der Waals surface area contributed by atoms with E-state index in [2.05, 4.69) is 9.97 Å². The molecule has 2 aromatic rings. The normalized spacial score (nSPS) is 10.4. The van der Waals surface area contributed by atoms with Crippen molar-refractivity contribution in [3.05, 3.63) is 33.7 Å². The average molecular weight is 225 g/mol. The minimum Gasteiger partial charge on any atom is -0.375 e. The fourth-order valence-electron chi connectivity index (χ4n) is 1.10. The van der Waals surface area contributed by atoms with Crippen LogP contribution in [-0.4, -0.2) is 19.5 Å². The molecule has 0 atom stereocenters. The van der Waals surface area contributed by atoms with Crippen molar-refractivity contribution in [1.29, 1.82) is 0 Å². The van der Waals surface area contributed by atoms with Gasteiger partial charge in [-0.15, -0.1) is 11.3 Å². The maximum atomic E-state index is 10.4. The Kier molecular flexibility index (Phi) is 2.34. The molecule has 0 aromatic carbocycles. The summed E-state index contributed by atoms with van der Waals surface area (Å²) in [6.07, 6.45) is 4.43. The standard InChI is InChI=1S/C7H7N5O2S/c8-7-9-1-5(15-7)2-11-3-6(10-4-11)12(13)14/h1,3-4H,2H2,(H2,8,9). The van der Waals surface area contributed by atoms with Gasteiger partial charge in [-0.3, -0.25) is 0 Å². The summed E-state index contributed by atoms with van der Waals surface area (Å²) in [7, 11) is 0. The van der Waals surface area contributed by atoms with Crippen molar-refractivity contribution in [3.8, 4) is 0 Å². The van der Waals surface area contributed by atoms with Crippen LogP contribution in [0, 0.1) is 10.1 Å². The van der Waals surface area contributed by atoms with Gasteiger partial charge < -0.3 is 20.4 Å². The lowest BCUT2D eigenvalue weighted by Gasteiger charge is -1.94. The van der Waals surface area contributed by atoms with E-state index in [9.17, 15) is 10.1 Å². The molecule has 0 aliphatic rings. The molecule has 0 saturated heterocycles. The van der Waals surface area contributed by atoms with Gasteiger partial charge in [-0.1, -0.05) is 0 Å². The molecule has 2 heterocycles. The summed E-state index contributed by atoms with van der Waals surface area (Å²) < 4.78 is 1.62. The molecule has 8 heteroatoms. The van der Waals surface area contributed by atoms with Crippen molar-refractivity contribution in [3.63, 3.8) is 0 Å². The van der Waals surface area contributed by atoms with Crippen LogP contribution in [0.4, 0.5) is 10.9 Å². The molecule has 2 N–H and O–H groups in total. The first-order chi connectivity index (χ1) is 7.15. The molecule has 0 amide bonds. The van der Waals surface area contributed by atoms with Gasteiger partial charge in [-0.2, -0.15) is 0 Å². The molecule has 0 spiro atoms. The third kappa shape index (κ3) is 2.10. The molecular formula is C7H7N5O2S. The number of imidazole rings is 1. The number of rotatable bonds is 3. The van der Waals surface area contributed by atoms with Gasteiger partial charge in [0.2, 0.25) is 6.33 Å². The maximum absolute atomic E-state index is 10.4. The van der Waals surface area contributed by atoms with E-state index >= 15 is 0 Å². The second kappa shape index (κ2) is 3.65. The van der Waals surface area contributed by atoms with Crippen LogP contribution in [0.2, 0.25) is 0 Å². The van der Waals surface area contributed by atoms with Gasteiger partial charge in [-0.05, 0) is 9.91 Å². The van der Waals surface area contributed by atoms with E-state index in [0.29, 0.717) is 11.7 Å². The van der Waals surface area contributed by atoms with Crippen LogP contribution >= 0.6 is 11.3 Å². The van der Waals surface area contributed by atoms with E-state index in [1.807, 2.05) is 0 Å². The lowest BCUT2D eigenvalue weighted by Crippen LogP contribution is -1.93. The summed E-state index contributed by atoms with van der Waals surface area (Å²) in [6, 6.07) is 0. The van der Waals surface area contributed by atoms with Crippen molar-refractivity contribution >= 4 is 22.3 Å². The summed E-state index contributed by atoms with van der Waals surface area (Å²) >= 11 is 1.35. The minimum absolute atomic E-state index is 0.160. The lowest BCUT2D eigenvalue weighted by molar-refractivity contribution is -0.389. The van der Waals surface area contributed by atoms with E-state index in [0.717, 1.165) is 4.88 Å². The Morgan fingerprint density at radius 1 is 1.60 bits per heavy atom. The van der Waals surface area contributed by atoms with Crippen molar-refractivity contribution in [1.82, 2.24) is 14.5 Å². The number of nitrogens with two attached hydrogens (primary N) is 1. The van der Waals surface area contributed by atoms with E-state index in [1.165, 1.54) is 23.9 Å². The van der Waals surface area contributed by atoms with E-state index in [1.54, 1.807) is 10.8 Å². The minimum atomic E-state index is -0.530. The molecule has 0 fully saturated rings. The second-order valence-electron chi connectivity index (χ2n) is 2.83. The molecule has 7 nitrogen and oxygen atoms in total. The van der Waals surface area contributed by atoms with Crippen molar-refractivity contribution < 1.29 is 4.92 Å². The predicted octanol–water partition coefficient (Wildman–Crippen LogP) is 0.878. The summed E-state index contributed by atoms with van der Waals surface area (Å²) in [4.78, 5) is 18.3. The van der Waals surface area contributed by atoms with Crippen LogP contribution in [0.3, 0.4) is 0 Å². The van der Waals surface area contributed by atoms with Gasteiger partial charge in [0.15, 0.2) is 5.13 Å². The van der Waals surface area contributed by atoms with Gasteiger partial charge >= 0.3 is 5.82 Å². The Bertz CT molecular complexity index is 491. The van der Waals surface area contributed by atoms with Crippen molar-refractivity contribution in [2.24, 2.45) is 0 Å². The summed E-state index contributed by atoms with van der Waals surface area (Å²) in [5.74, 6) is -0.160. The summed E-state index contributed by atoms with van der Waals surface area (Å²) in [5, 5.41) is 10.9. The van der Waals surface area contributed by atoms with Crippen LogP contribution < -0.4 is 5.73 Å². The number of anilines is 1. The molecular weight excluding hydrogens is 218 g/mol. The van der Waals surface area contributed by atoms with E-state index in [-0.39, 0.29) is 5.82 Å². The molecule has 0 unspecified atom stereocenters. The van der Waals surface area contributed by atoms with Gasteiger partial charge in [0, 0.05) is 11.1 Å². The molecule has 0 aliphatic heterocycles. The highest BCUT2D eigenvalue weighted by molar-refractivity contribution is 7.15. The number of nitrogens with zero attached hydrogens (tertiary/aromatic N) is 4. The molecule has 0 radical (unpaired) electrons. The molecule has 0 saturated carbocycles. The second-order valence-corrected chi connectivity index (χ2v) is 3.97. The number of hydrogen-bond donors (Lipinski definition) is 1. The zero-order chi connectivity index (χ0) is 10.8. The first kappa shape index (κ1) is 9.59. The first-order valence-electron chi connectivity index (χ1n) is 4.01. The topological polar surface area (TPSA) is 99.9 Å². The van der Waals surface area contributed by atoms with Crippen LogP contribution in [0.15, 0.2) is 18.7 Å². The first-order valence-corrected chi connectivity index (χ1v) is 4.83. The monoisotopic (exact) mass is 225 g/mol. The molecule has 0 bridgehead atoms. The largest absolute Gasteiger partial charge is 0.381 e. The maximum Gasteiger partial charge on any atom is 0.381 e. The van der Waals surface area contributed by atoms with Crippen LogP contribution in [0.1, 0.15) is 4.88 Å². The summed E-state index contributed by atoms with van der Waals surface area (Å²) in [6.45, 7) is 0.496. The van der Waals surface area contributed by atoms with Crippen molar-refractivity contribution in [2.45, 2.75) is 6.54 Å². The Hall–Kier alpha value is -1.96. The quantitative estimate of drug-likeness (QED) is 0.617. The smallest absolute Gasteiger partial charge is 0.375 e. The summed E-state index contributed by atoms with van der Waals surface area (Å²) in [5.41, 5.74) is 5.46. The molecule has 2 rings (SSSR count). The molecule has 2 aromatic heterocycles. The fourth-order valence-corrected chi connectivity index (χ4v) is 1.80. The Morgan fingerprint density at radius 3 is 2.93 bits per heavy atom. The third-order valence-corrected chi connectivity index (χ3v) is 2.53. The Balaban J connectivity index is 2.14. The third-order valence-electron chi connectivity index (χ3n) is 1.72. The zero-order valence-electron chi connectivity index (χ0n) is 7.53. The lowest BCUT2D eigenvalue weighted by atomic mass is 10.5. The van der Waals surface area contributed by atoms with E-state index in [4.69, 9.17) is 5.73 Å². The Labute approximate surface area is 88.3 Å². The molecule has 15 heavy (non-hydrogen) atoms. The highest BCUT2D eigenvalue weighted by atomic mass is 32.1. The van der Waals surface area contributed by atoms with Crippen molar-refractivity contribution in [2.75, 3.05) is 5.73 Å². The number of thiazole rings is 1. The fraction of sp³-hybridized carbons (Fsp3) is 0.143. The van der Waals surface area contributed by atoms with Gasteiger partial charge in [0.1, 0.15) is 6.20 Å². The highest BCUT2D eigenvalue weighted by Crippen LogP contribution is 2.16. The highest BCUT2D eigenvalue weighted by Gasteiger charge is 2.10. The SMILES string of the molecule is Nc1ncc(Cn2cnc([N+](=O)[O-])c2)s1. The average Bonchev–Trinajstić information content (AvgIpc) is 2.76. The molecule has 0 aliphatic carbocycles.